The minimum atomic E-state index is 0.0700. The van der Waals surface area contributed by atoms with Crippen LogP contribution >= 0.6 is 0 Å². The molecular formula is C21H27N5O. The maximum atomic E-state index is 12.6. The number of aromatic nitrogens is 2. The maximum absolute atomic E-state index is 12.6. The Morgan fingerprint density at radius 3 is 2.56 bits per heavy atom. The van der Waals surface area contributed by atoms with Crippen molar-refractivity contribution >= 4 is 17.4 Å². The number of hydrogen-bond acceptors (Lipinski definition) is 5. The Balaban J connectivity index is 1.37. The standard InChI is InChI=1S/C21H27N5O/c1-13-5-6-14(2)19(7-13)24-21(27)12-26-17-9-18(26)11-25(10-17)20-8-15(3)22-16(4)23-20/h5-8,17-18H,9-12H2,1-4H3,(H,24,27). The lowest BCUT2D eigenvalue weighted by atomic mass is 9.87. The average Bonchev–Trinajstić information content (AvgIpc) is 2.62. The van der Waals surface area contributed by atoms with Gasteiger partial charge in [-0.05, 0) is 51.3 Å². The molecular weight excluding hydrogens is 338 g/mol. The number of carbonyl (C=O) groups excluding carboxylic acids is 1. The fraction of sp³-hybridized carbons (Fsp3) is 0.476. The van der Waals surface area contributed by atoms with E-state index in [1.54, 1.807) is 0 Å². The molecule has 2 atom stereocenters. The number of nitrogens with one attached hydrogen (secondary N) is 1. The Kier molecular flexibility index (Phi) is 4.60. The second-order valence-electron chi connectivity index (χ2n) is 7.90. The molecule has 5 rings (SSSR count). The molecule has 4 heterocycles. The fourth-order valence-electron chi connectivity index (χ4n) is 4.22. The second kappa shape index (κ2) is 6.93. The number of carbonyl (C=O) groups is 1. The van der Waals surface area contributed by atoms with Crippen LogP contribution in [0.4, 0.5) is 11.5 Å². The van der Waals surface area contributed by atoms with Gasteiger partial charge in [0.25, 0.3) is 0 Å². The minimum Gasteiger partial charge on any atom is -0.353 e. The maximum Gasteiger partial charge on any atom is 0.238 e. The van der Waals surface area contributed by atoms with Gasteiger partial charge < -0.3 is 10.2 Å². The second-order valence-corrected chi connectivity index (χ2v) is 7.90. The Bertz CT molecular complexity index is 849. The van der Waals surface area contributed by atoms with Crippen LogP contribution in [0.3, 0.4) is 0 Å². The Labute approximate surface area is 160 Å². The summed E-state index contributed by atoms with van der Waals surface area (Å²) in [6, 6.07) is 9.04. The number of anilines is 2. The molecule has 1 amide bonds. The molecule has 1 aromatic carbocycles. The van der Waals surface area contributed by atoms with Crippen LogP contribution in [0.2, 0.25) is 0 Å². The van der Waals surface area contributed by atoms with E-state index in [1.807, 2.05) is 39.8 Å². The zero-order valence-electron chi connectivity index (χ0n) is 16.5. The highest BCUT2D eigenvalue weighted by Crippen LogP contribution is 2.34. The molecule has 1 aromatic heterocycles. The van der Waals surface area contributed by atoms with E-state index in [4.69, 9.17) is 0 Å². The number of rotatable bonds is 4. The largest absolute Gasteiger partial charge is 0.353 e. The summed E-state index contributed by atoms with van der Waals surface area (Å²) in [6.07, 6.45) is 1.16. The first-order valence-electron chi connectivity index (χ1n) is 9.59. The van der Waals surface area contributed by atoms with Crippen molar-refractivity contribution in [2.75, 3.05) is 29.9 Å². The van der Waals surface area contributed by atoms with E-state index in [1.165, 1.54) is 0 Å². The van der Waals surface area contributed by atoms with E-state index < -0.39 is 0 Å². The lowest BCUT2D eigenvalue weighted by molar-refractivity contribution is -0.121. The number of nitrogens with zero attached hydrogens (tertiary/aromatic N) is 4. The third-order valence-electron chi connectivity index (χ3n) is 5.61. The SMILES string of the molecule is Cc1ccc(C)c(NC(=O)CN2C3CC2CN(c2cc(C)nc(C)n2)C3)c1. The minimum absolute atomic E-state index is 0.0700. The van der Waals surface area contributed by atoms with Gasteiger partial charge in [-0.15, -0.1) is 0 Å². The third-order valence-corrected chi connectivity index (χ3v) is 5.61. The van der Waals surface area contributed by atoms with Crippen molar-refractivity contribution in [2.45, 2.75) is 46.2 Å². The lowest BCUT2D eigenvalue weighted by Crippen LogP contribution is -2.69. The molecule has 0 saturated carbocycles. The number of fused-ring (bicyclic) bond motifs is 2. The Morgan fingerprint density at radius 1 is 1.11 bits per heavy atom. The van der Waals surface area contributed by atoms with Crippen molar-refractivity contribution < 1.29 is 4.79 Å². The van der Waals surface area contributed by atoms with Gasteiger partial charge in [0.1, 0.15) is 11.6 Å². The normalized spacial score (nSPS) is 21.7. The smallest absolute Gasteiger partial charge is 0.238 e. The van der Waals surface area contributed by atoms with Crippen LogP contribution in [0.1, 0.15) is 29.1 Å². The number of amides is 1. The number of piperazine rings is 1. The topological polar surface area (TPSA) is 61.4 Å². The number of benzene rings is 1. The summed E-state index contributed by atoms with van der Waals surface area (Å²) in [5.41, 5.74) is 4.17. The molecule has 3 fully saturated rings. The van der Waals surface area contributed by atoms with Crippen LogP contribution in [-0.2, 0) is 4.79 Å². The quantitative estimate of drug-likeness (QED) is 0.902. The van der Waals surface area contributed by atoms with Crippen LogP contribution in [0.15, 0.2) is 24.3 Å². The molecule has 6 heteroatoms. The summed E-state index contributed by atoms with van der Waals surface area (Å²) >= 11 is 0. The highest BCUT2D eigenvalue weighted by Gasteiger charge is 2.45. The van der Waals surface area contributed by atoms with Gasteiger partial charge in [0, 0.05) is 42.6 Å². The van der Waals surface area contributed by atoms with E-state index in [9.17, 15) is 4.79 Å². The molecule has 2 aromatic rings. The molecule has 3 aliphatic rings. The molecule has 0 spiro atoms. The van der Waals surface area contributed by atoms with E-state index in [0.29, 0.717) is 18.6 Å². The van der Waals surface area contributed by atoms with Crippen molar-refractivity contribution in [3.8, 4) is 0 Å². The number of hydrogen-bond donors (Lipinski definition) is 1. The molecule has 0 radical (unpaired) electrons. The van der Waals surface area contributed by atoms with Gasteiger partial charge in [0.05, 0.1) is 6.54 Å². The lowest BCUT2D eigenvalue weighted by Gasteiger charge is -2.56. The summed E-state index contributed by atoms with van der Waals surface area (Å²) in [7, 11) is 0. The Hall–Kier alpha value is -2.47. The fourth-order valence-corrected chi connectivity index (χ4v) is 4.22. The number of piperidine rings is 1. The molecule has 6 nitrogen and oxygen atoms in total. The highest BCUT2D eigenvalue weighted by atomic mass is 16.2. The molecule has 142 valence electrons. The van der Waals surface area contributed by atoms with Gasteiger partial charge in [0.2, 0.25) is 5.91 Å². The molecule has 0 aliphatic carbocycles. The predicted molar refractivity (Wildman–Crippen MR) is 107 cm³/mol. The van der Waals surface area contributed by atoms with E-state index in [2.05, 4.69) is 37.2 Å². The monoisotopic (exact) mass is 365 g/mol. The zero-order valence-corrected chi connectivity index (χ0v) is 16.5. The predicted octanol–water partition coefficient (Wildman–Crippen LogP) is 2.61. The summed E-state index contributed by atoms with van der Waals surface area (Å²) in [6.45, 7) is 10.3. The molecule has 2 unspecified atom stereocenters. The highest BCUT2D eigenvalue weighted by molar-refractivity contribution is 5.93. The summed E-state index contributed by atoms with van der Waals surface area (Å²) in [4.78, 5) is 26.2. The van der Waals surface area contributed by atoms with Gasteiger partial charge in [-0.1, -0.05) is 12.1 Å². The first-order valence-corrected chi connectivity index (χ1v) is 9.59. The molecule has 1 N–H and O–H groups in total. The zero-order chi connectivity index (χ0) is 19.1. The van der Waals surface area contributed by atoms with Crippen LogP contribution in [0.25, 0.3) is 0 Å². The Morgan fingerprint density at radius 2 is 1.85 bits per heavy atom. The van der Waals surface area contributed by atoms with Gasteiger partial charge in [0.15, 0.2) is 0 Å². The first-order chi connectivity index (χ1) is 12.9. The van der Waals surface area contributed by atoms with E-state index in [-0.39, 0.29) is 5.91 Å². The van der Waals surface area contributed by atoms with Gasteiger partial charge in [-0.2, -0.15) is 0 Å². The van der Waals surface area contributed by atoms with Crippen molar-refractivity contribution in [1.29, 1.82) is 0 Å². The van der Waals surface area contributed by atoms with E-state index >= 15 is 0 Å². The van der Waals surface area contributed by atoms with Crippen molar-refractivity contribution in [3.05, 3.63) is 46.9 Å². The summed E-state index contributed by atoms with van der Waals surface area (Å²) in [5.74, 6) is 1.89. The molecule has 3 aliphatic heterocycles. The van der Waals surface area contributed by atoms with Crippen molar-refractivity contribution in [3.63, 3.8) is 0 Å². The molecule has 27 heavy (non-hydrogen) atoms. The van der Waals surface area contributed by atoms with Crippen LogP contribution < -0.4 is 10.2 Å². The van der Waals surface area contributed by atoms with E-state index in [0.717, 1.165) is 53.7 Å². The van der Waals surface area contributed by atoms with Crippen molar-refractivity contribution in [2.24, 2.45) is 0 Å². The average molecular weight is 365 g/mol. The van der Waals surface area contributed by atoms with Crippen LogP contribution in [0.5, 0.6) is 0 Å². The molecule has 2 bridgehead atoms. The first kappa shape index (κ1) is 17.9. The summed E-state index contributed by atoms with van der Waals surface area (Å²) < 4.78 is 0. The van der Waals surface area contributed by atoms with Crippen LogP contribution in [-0.4, -0.2) is 52.5 Å². The van der Waals surface area contributed by atoms with Gasteiger partial charge >= 0.3 is 0 Å². The summed E-state index contributed by atoms with van der Waals surface area (Å²) in [5, 5.41) is 3.08. The number of aryl methyl sites for hydroxylation is 4. The van der Waals surface area contributed by atoms with Crippen molar-refractivity contribution in [1.82, 2.24) is 14.9 Å². The van der Waals surface area contributed by atoms with Gasteiger partial charge in [-0.3, -0.25) is 9.69 Å². The van der Waals surface area contributed by atoms with Crippen LogP contribution in [0, 0.1) is 27.7 Å². The third kappa shape index (κ3) is 3.67. The molecule has 3 saturated heterocycles. The van der Waals surface area contributed by atoms with Gasteiger partial charge in [-0.25, -0.2) is 9.97 Å².